The molecule has 14 heavy (non-hydrogen) atoms. The predicted molar refractivity (Wildman–Crippen MR) is 59.3 cm³/mol. The Kier molecular flexibility index (Phi) is 5.45. The van der Waals surface area contributed by atoms with E-state index in [0.29, 0.717) is 0 Å². The van der Waals surface area contributed by atoms with Crippen LogP contribution in [0.2, 0.25) is 0 Å². The van der Waals surface area contributed by atoms with Crippen LogP contribution in [-0.4, -0.2) is 44.3 Å². The van der Waals surface area contributed by atoms with Crippen LogP contribution in [0.15, 0.2) is 0 Å². The van der Waals surface area contributed by atoms with E-state index >= 15 is 0 Å². The maximum atomic E-state index is 6.00. The summed E-state index contributed by atoms with van der Waals surface area (Å²) in [5.41, 5.74) is 6.00. The quantitative estimate of drug-likeness (QED) is 0.697. The summed E-state index contributed by atoms with van der Waals surface area (Å²) in [7, 11) is 1.73. The molecule has 1 fully saturated rings. The van der Waals surface area contributed by atoms with E-state index in [2.05, 4.69) is 11.8 Å². The van der Waals surface area contributed by atoms with Gasteiger partial charge >= 0.3 is 0 Å². The molecule has 0 spiro atoms. The Morgan fingerprint density at radius 3 is 2.93 bits per heavy atom. The summed E-state index contributed by atoms with van der Waals surface area (Å²) in [6, 6.07) is 0.283. The van der Waals surface area contributed by atoms with Gasteiger partial charge in [-0.1, -0.05) is 13.3 Å². The number of nitrogens with two attached hydrogens (primary N) is 1. The average molecular weight is 200 g/mol. The van der Waals surface area contributed by atoms with Crippen LogP contribution < -0.4 is 5.73 Å². The Hall–Kier alpha value is -0.120. The molecule has 0 aliphatic carbocycles. The van der Waals surface area contributed by atoms with Gasteiger partial charge in [0.15, 0.2) is 0 Å². The molecule has 1 aliphatic rings. The zero-order valence-electron chi connectivity index (χ0n) is 9.54. The molecule has 2 atom stereocenters. The average Bonchev–Trinajstić information content (AvgIpc) is 2.62. The van der Waals surface area contributed by atoms with Crippen molar-refractivity contribution in [1.82, 2.24) is 4.90 Å². The standard InChI is InChI=1S/C11H24N2O/c1-3-10-4-6-13(8-10)9-11(12)5-7-14-2/h10-11H,3-9,12H2,1-2H3. The molecule has 1 saturated heterocycles. The van der Waals surface area contributed by atoms with Gasteiger partial charge in [0.2, 0.25) is 0 Å². The number of methoxy groups -OCH3 is 1. The number of hydrogen-bond acceptors (Lipinski definition) is 3. The molecule has 2 unspecified atom stereocenters. The van der Waals surface area contributed by atoms with Crippen molar-refractivity contribution in [2.45, 2.75) is 32.2 Å². The Morgan fingerprint density at radius 1 is 1.57 bits per heavy atom. The molecule has 1 heterocycles. The first-order chi connectivity index (χ1) is 6.76. The minimum Gasteiger partial charge on any atom is -0.385 e. The lowest BCUT2D eigenvalue weighted by Gasteiger charge is -2.20. The van der Waals surface area contributed by atoms with Crippen molar-refractivity contribution in [1.29, 1.82) is 0 Å². The van der Waals surface area contributed by atoms with Crippen LogP contribution in [0, 0.1) is 5.92 Å². The molecule has 0 bridgehead atoms. The van der Waals surface area contributed by atoms with Gasteiger partial charge in [-0.05, 0) is 25.3 Å². The topological polar surface area (TPSA) is 38.5 Å². The van der Waals surface area contributed by atoms with Gasteiger partial charge in [0, 0.05) is 32.8 Å². The molecule has 0 aromatic heterocycles. The van der Waals surface area contributed by atoms with Crippen molar-refractivity contribution in [3.05, 3.63) is 0 Å². The molecule has 1 aliphatic heterocycles. The molecule has 0 radical (unpaired) electrons. The number of rotatable bonds is 6. The first-order valence-corrected chi connectivity index (χ1v) is 5.73. The van der Waals surface area contributed by atoms with E-state index in [1.165, 1.54) is 25.9 Å². The Labute approximate surface area is 87.6 Å². The van der Waals surface area contributed by atoms with E-state index < -0.39 is 0 Å². The fourth-order valence-electron chi connectivity index (χ4n) is 2.10. The summed E-state index contributed by atoms with van der Waals surface area (Å²) in [5, 5.41) is 0. The van der Waals surface area contributed by atoms with E-state index in [4.69, 9.17) is 10.5 Å². The van der Waals surface area contributed by atoms with Crippen molar-refractivity contribution in [3.63, 3.8) is 0 Å². The van der Waals surface area contributed by atoms with E-state index in [1.54, 1.807) is 7.11 Å². The Bertz CT molecular complexity index is 152. The van der Waals surface area contributed by atoms with Crippen molar-refractivity contribution >= 4 is 0 Å². The van der Waals surface area contributed by atoms with Gasteiger partial charge < -0.3 is 15.4 Å². The van der Waals surface area contributed by atoms with Gasteiger partial charge in [-0.25, -0.2) is 0 Å². The van der Waals surface area contributed by atoms with E-state index in [1.807, 2.05) is 0 Å². The molecule has 84 valence electrons. The van der Waals surface area contributed by atoms with E-state index in [-0.39, 0.29) is 6.04 Å². The minimum absolute atomic E-state index is 0.283. The van der Waals surface area contributed by atoms with Crippen LogP contribution in [0.4, 0.5) is 0 Å². The van der Waals surface area contributed by atoms with Crippen LogP contribution in [0.25, 0.3) is 0 Å². The minimum atomic E-state index is 0.283. The predicted octanol–water partition coefficient (Wildman–Crippen LogP) is 1.08. The van der Waals surface area contributed by atoms with Crippen LogP contribution in [0.1, 0.15) is 26.2 Å². The normalized spacial score (nSPS) is 25.5. The molecule has 2 N–H and O–H groups in total. The summed E-state index contributed by atoms with van der Waals surface area (Å²) in [6.07, 6.45) is 3.64. The molecule has 0 amide bonds. The fraction of sp³-hybridized carbons (Fsp3) is 1.00. The third kappa shape index (κ3) is 3.95. The molecular weight excluding hydrogens is 176 g/mol. The van der Waals surface area contributed by atoms with Crippen LogP contribution in [0.3, 0.4) is 0 Å². The van der Waals surface area contributed by atoms with Crippen molar-refractivity contribution in [2.24, 2.45) is 11.7 Å². The second-order valence-corrected chi connectivity index (χ2v) is 4.36. The molecule has 3 nitrogen and oxygen atoms in total. The summed E-state index contributed by atoms with van der Waals surface area (Å²) >= 11 is 0. The maximum absolute atomic E-state index is 6.00. The zero-order chi connectivity index (χ0) is 10.4. The van der Waals surface area contributed by atoms with E-state index in [9.17, 15) is 0 Å². The van der Waals surface area contributed by atoms with Gasteiger partial charge in [-0.3, -0.25) is 0 Å². The van der Waals surface area contributed by atoms with Crippen LogP contribution >= 0.6 is 0 Å². The molecular formula is C11H24N2O. The lowest BCUT2D eigenvalue weighted by molar-refractivity contribution is 0.179. The zero-order valence-corrected chi connectivity index (χ0v) is 9.54. The van der Waals surface area contributed by atoms with E-state index in [0.717, 1.165) is 25.5 Å². The number of likely N-dealkylation sites (tertiary alicyclic amines) is 1. The first-order valence-electron chi connectivity index (χ1n) is 5.73. The summed E-state index contributed by atoms with van der Waals surface area (Å²) < 4.78 is 5.02. The largest absolute Gasteiger partial charge is 0.385 e. The molecule has 0 aromatic rings. The van der Waals surface area contributed by atoms with Crippen molar-refractivity contribution in [2.75, 3.05) is 33.4 Å². The highest BCUT2D eigenvalue weighted by atomic mass is 16.5. The summed E-state index contributed by atoms with van der Waals surface area (Å²) in [6.45, 7) is 6.58. The number of hydrogen-bond donors (Lipinski definition) is 1. The third-order valence-corrected chi connectivity index (χ3v) is 3.13. The highest BCUT2D eigenvalue weighted by Gasteiger charge is 2.21. The third-order valence-electron chi connectivity index (χ3n) is 3.13. The van der Waals surface area contributed by atoms with Gasteiger partial charge in [0.05, 0.1) is 0 Å². The Morgan fingerprint density at radius 2 is 2.36 bits per heavy atom. The molecule has 0 saturated carbocycles. The fourth-order valence-corrected chi connectivity index (χ4v) is 2.10. The SMILES string of the molecule is CCC1CCN(CC(N)CCOC)C1. The van der Waals surface area contributed by atoms with Crippen LogP contribution in [0.5, 0.6) is 0 Å². The summed E-state index contributed by atoms with van der Waals surface area (Å²) in [4.78, 5) is 2.49. The lowest BCUT2D eigenvalue weighted by Crippen LogP contribution is -2.37. The molecule has 0 aromatic carbocycles. The van der Waals surface area contributed by atoms with Gasteiger partial charge in [0.1, 0.15) is 0 Å². The summed E-state index contributed by atoms with van der Waals surface area (Å²) in [5.74, 6) is 0.907. The Balaban J connectivity index is 2.12. The van der Waals surface area contributed by atoms with Crippen LogP contribution in [-0.2, 0) is 4.74 Å². The first kappa shape index (κ1) is 12.0. The molecule has 3 heteroatoms. The van der Waals surface area contributed by atoms with Gasteiger partial charge in [-0.2, -0.15) is 0 Å². The van der Waals surface area contributed by atoms with Crippen molar-refractivity contribution < 1.29 is 4.74 Å². The second-order valence-electron chi connectivity index (χ2n) is 4.36. The second kappa shape index (κ2) is 6.38. The van der Waals surface area contributed by atoms with Crippen molar-refractivity contribution in [3.8, 4) is 0 Å². The maximum Gasteiger partial charge on any atom is 0.0477 e. The smallest absolute Gasteiger partial charge is 0.0477 e. The van der Waals surface area contributed by atoms with Gasteiger partial charge in [0.25, 0.3) is 0 Å². The number of nitrogens with zero attached hydrogens (tertiary/aromatic N) is 1. The number of ether oxygens (including phenoxy) is 1. The lowest BCUT2D eigenvalue weighted by atomic mass is 10.1. The highest BCUT2D eigenvalue weighted by Crippen LogP contribution is 2.18. The highest BCUT2D eigenvalue weighted by molar-refractivity contribution is 4.77. The molecule has 1 rings (SSSR count). The van der Waals surface area contributed by atoms with Gasteiger partial charge in [-0.15, -0.1) is 0 Å². The monoisotopic (exact) mass is 200 g/mol.